The number of hydrogen-bond acceptors (Lipinski definition) is 4. The molecule has 0 radical (unpaired) electrons. The molecule has 7 heteroatoms. The summed E-state index contributed by atoms with van der Waals surface area (Å²) in [5, 5.41) is 2.35. The second kappa shape index (κ2) is 6.63. The van der Waals surface area contributed by atoms with E-state index in [1.54, 1.807) is 0 Å². The summed E-state index contributed by atoms with van der Waals surface area (Å²) in [5.41, 5.74) is 2.95. The lowest BCUT2D eigenvalue weighted by atomic mass is 9.77. The van der Waals surface area contributed by atoms with Gasteiger partial charge in [0.05, 0.1) is 22.4 Å². The Morgan fingerprint density at radius 2 is 0.875 bits per heavy atom. The molecule has 2 saturated heterocycles. The molecule has 3 heterocycles. The third-order valence-electron chi connectivity index (χ3n) is 8.10. The van der Waals surface area contributed by atoms with E-state index < -0.39 is 0 Å². The highest BCUT2D eigenvalue weighted by Gasteiger charge is 2.52. The Bertz CT molecular complexity index is 1100. The monoisotopic (exact) mass is 433 g/mol. The fraction of sp³-hybridized carbons (Fsp3) is 0.520. The molecule has 0 aliphatic carbocycles. The number of benzene rings is 2. The Morgan fingerprint density at radius 1 is 0.562 bits per heavy atom. The first-order chi connectivity index (χ1) is 14.7. The standard InChI is InChI=1S/C25H33B2NO4/c1-22(2)23(3,4)30-26(29-22)16-10-12-20-18(14-16)19-15-17(11-13-21(19)28(20)9)27-31-24(5,6)25(7,8)32-27/h10-15H,1-9H3. The predicted octanol–water partition coefficient (Wildman–Crippen LogP) is 3.93. The van der Waals surface area contributed by atoms with E-state index >= 15 is 0 Å². The van der Waals surface area contributed by atoms with Crippen molar-refractivity contribution in [3.8, 4) is 0 Å². The molecule has 168 valence electrons. The van der Waals surface area contributed by atoms with E-state index in [4.69, 9.17) is 18.6 Å². The summed E-state index contributed by atoms with van der Waals surface area (Å²) in [7, 11) is 1.34. The molecule has 0 unspecified atom stereocenters. The van der Waals surface area contributed by atoms with Gasteiger partial charge in [-0.25, -0.2) is 0 Å². The van der Waals surface area contributed by atoms with Crippen LogP contribution in [-0.4, -0.2) is 41.2 Å². The van der Waals surface area contributed by atoms with Gasteiger partial charge in [0.25, 0.3) is 0 Å². The maximum atomic E-state index is 6.30. The van der Waals surface area contributed by atoms with Gasteiger partial charge in [-0.3, -0.25) is 0 Å². The van der Waals surface area contributed by atoms with E-state index in [0.717, 1.165) is 10.9 Å². The Kier molecular flexibility index (Phi) is 4.56. The minimum atomic E-state index is -0.383. The van der Waals surface area contributed by atoms with E-state index in [9.17, 15) is 0 Å². The molecule has 0 saturated carbocycles. The molecule has 3 aromatic rings. The smallest absolute Gasteiger partial charge is 0.399 e. The fourth-order valence-corrected chi connectivity index (χ4v) is 4.51. The first-order valence-corrected chi connectivity index (χ1v) is 11.5. The van der Waals surface area contributed by atoms with E-state index in [0.29, 0.717) is 0 Å². The highest BCUT2D eigenvalue weighted by atomic mass is 16.7. The van der Waals surface area contributed by atoms with Crippen LogP contribution in [0.2, 0.25) is 0 Å². The summed E-state index contributed by atoms with van der Waals surface area (Å²) in [6, 6.07) is 12.9. The van der Waals surface area contributed by atoms with Crippen LogP contribution in [0.1, 0.15) is 55.4 Å². The largest absolute Gasteiger partial charge is 0.494 e. The molecule has 2 aliphatic rings. The summed E-state index contributed by atoms with van der Waals surface area (Å²) in [6.07, 6.45) is 0. The van der Waals surface area contributed by atoms with Crippen LogP contribution < -0.4 is 10.9 Å². The van der Waals surface area contributed by atoms with Crippen molar-refractivity contribution in [2.75, 3.05) is 0 Å². The van der Waals surface area contributed by atoms with Crippen LogP contribution in [0.4, 0.5) is 0 Å². The van der Waals surface area contributed by atoms with Crippen molar-refractivity contribution < 1.29 is 18.6 Å². The number of rotatable bonds is 2. The van der Waals surface area contributed by atoms with Gasteiger partial charge in [-0.1, -0.05) is 24.3 Å². The highest BCUT2D eigenvalue weighted by Crippen LogP contribution is 2.38. The SMILES string of the molecule is Cn1c2ccc(B3OC(C)(C)C(C)(C)O3)cc2c2cc(B3OC(C)(C)C(C)(C)O3)ccc21. The van der Waals surface area contributed by atoms with Crippen molar-refractivity contribution in [1.82, 2.24) is 4.57 Å². The number of aromatic nitrogens is 1. The van der Waals surface area contributed by atoms with Crippen LogP contribution in [0, 0.1) is 0 Å². The number of fused-ring (bicyclic) bond motifs is 3. The van der Waals surface area contributed by atoms with Crippen LogP contribution in [0.25, 0.3) is 21.8 Å². The number of hydrogen-bond donors (Lipinski definition) is 0. The molecule has 2 aromatic carbocycles. The molecule has 0 spiro atoms. The van der Waals surface area contributed by atoms with E-state index in [1.807, 2.05) is 0 Å². The van der Waals surface area contributed by atoms with Gasteiger partial charge in [0.2, 0.25) is 0 Å². The van der Waals surface area contributed by atoms with Crippen molar-refractivity contribution in [1.29, 1.82) is 0 Å². The van der Waals surface area contributed by atoms with Crippen molar-refractivity contribution in [2.45, 2.75) is 77.8 Å². The molecule has 32 heavy (non-hydrogen) atoms. The Hall–Kier alpha value is -1.79. The van der Waals surface area contributed by atoms with Gasteiger partial charge in [-0.05, 0) is 78.4 Å². The molecule has 1 aromatic heterocycles. The second-order valence-corrected chi connectivity index (χ2v) is 11.3. The highest BCUT2D eigenvalue weighted by molar-refractivity contribution is 6.63. The lowest BCUT2D eigenvalue weighted by Crippen LogP contribution is -2.41. The van der Waals surface area contributed by atoms with Gasteiger partial charge < -0.3 is 23.2 Å². The van der Waals surface area contributed by atoms with Crippen LogP contribution in [0.5, 0.6) is 0 Å². The second-order valence-electron chi connectivity index (χ2n) is 11.3. The van der Waals surface area contributed by atoms with E-state index in [2.05, 4.69) is 103 Å². The zero-order chi connectivity index (χ0) is 23.3. The Balaban J connectivity index is 1.59. The molecule has 0 bridgehead atoms. The van der Waals surface area contributed by atoms with Gasteiger partial charge in [0, 0.05) is 28.9 Å². The first kappa shape index (κ1) is 22.0. The van der Waals surface area contributed by atoms with Crippen molar-refractivity contribution in [3.63, 3.8) is 0 Å². The van der Waals surface area contributed by atoms with E-state index in [1.165, 1.54) is 21.8 Å². The molecule has 2 fully saturated rings. The average molecular weight is 433 g/mol. The van der Waals surface area contributed by atoms with Crippen molar-refractivity contribution in [3.05, 3.63) is 36.4 Å². The molecular weight excluding hydrogens is 400 g/mol. The van der Waals surface area contributed by atoms with Crippen molar-refractivity contribution >= 4 is 47.0 Å². The lowest BCUT2D eigenvalue weighted by molar-refractivity contribution is 0.00578. The zero-order valence-corrected chi connectivity index (χ0v) is 20.7. The van der Waals surface area contributed by atoms with Crippen LogP contribution in [-0.2, 0) is 25.7 Å². The fourth-order valence-electron chi connectivity index (χ4n) is 4.51. The normalized spacial score (nSPS) is 23.5. The van der Waals surface area contributed by atoms with Gasteiger partial charge >= 0.3 is 14.2 Å². The van der Waals surface area contributed by atoms with Crippen molar-refractivity contribution in [2.24, 2.45) is 7.05 Å². The van der Waals surface area contributed by atoms with Crippen LogP contribution >= 0.6 is 0 Å². The summed E-state index contributed by atoms with van der Waals surface area (Å²) >= 11 is 0. The minimum Gasteiger partial charge on any atom is -0.399 e. The number of nitrogens with zero attached hydrogens (tertiary/aromatic N) is 1. The zero-order valence-electron chi connectivity index (χ0n) is 20.7. The summed E-state index contributed by atoms with van der Waals surface area (Å²) in [5.74, 6) is 0. The molecule has 5 nitrogen and oxygen atoms in total. The molecule has 2 aliphatic heterocycles. The average Bonchev–Trinajstić information content (AvgIpc) is 3.19. The summed E-state index contributed by atoms with van der Waals surface area (Å²) in [4.78, 5) is 0. The molecule has 0 amide bonds. The van der Waals surface area contributed by atoms with Gasteiger partial charge in [-0.2, -0.15) is 0 Å². The van der Waals surface area contributed by atoms with Crippen LogP contribution in [0.3, 0.4) is 0 Å². The van der Waals surface area contributed by atoms with Gasteiger partial charge in [0.1, 0.15) is 0 Å². The van der Waals surface area contributed by atoms with Crippen LogP contribution in [0.15, 0.2) is 36.4 Å². The third-order valence-corrected chi connectivity index (χ3v) is 8.10. The topological polar surface area (TPSA) is 41.9 Å². The summed E-state index contributed by atoms with van der Waals surface area (Å²) < 4.78 is 27.4. The van der Waals surface area contributed by atoms with Gasteiger partial charge in [-0.15, -0.1) is 0 Å². The molecular formula is C25H33B2NO4. The van der Waals surface area contributed by atoms with Gasteiger partial charge in [0.15, 0.2) is 0 Å². The predicted molar refractivity (Wildman–Crippen MR) is 132 cm³/mol. The Morgan fingerprint density at radius 3 is 1.19 bits per heavy atom. The first-order valence-electron chi connectivity index (χ1n) is 11.5. The third kappa shape index (κ3) is 3.09. The maximum absolute atomic E-state index is 6.30. The quantitative estimate of drug-likeness (QED) is 0.575. The molecule has 0 atom stereocenters. The molecule has 0 N–H and O–H groups in total. The van der Waals surface area contributed by atoms with E-state index in [-0.39, 0.29) is 36.6 Å². The molecule has 5 rings (SSSR count). The number of aryl methyl sites for hydroxylation is 1. The summed E-state index contributed by atoms with van der Waals surface area (Å²) in [6.45, 7) is 16.7. The lowest BCUT2D eigenvalue weighted by Gasteiger charge is -2.32. The Labute approximate surface area is 191 Å². The minimum absolute atomic E-state index is 0.366. The maximum Gasteiger partial charge on any atom is 0.494 e.